The maximum Gasteiger partial charge on any atom is 0.131 e. The maximum atomic E-state index is 5.21. The van der Waals surface area contributed by atoms with Gasteiger partial charge in [-0.1, -0.05) is 30.3 Å². The Morgan fingerprint density at radius 3 is 2.82 bits per heavy atom. The molecule has 0 spiro atoms. The third-order valence-electron chi connectivity index (χ3n) is 2.99. The molecular weight excluding hydrogens is 214 g/mol. The van der Waals surface area contributed by atoms with Crippen molar-refractivity contribution in [3.63, 3.8) is 0 Å². The Morgan fingerprint density at radius 1 is 1.35 bits per heavy atom. The van der Waals surface area contributed by atoms with Gasteiger partial charge in [0.25, 0.3) is 0 Å². The van der Waals surface area contributed by atoms with Crippen LogP contribution in [-0.4, -0.2) is 18.9 Å². The van der Waals surface area contributed by atoms with E-state index in [1.807, 2.05) is 0 Å². The molecule has 0 radical (unpaired) electrons. The van der Waals surface area contributed by atoms with E-state index in [2.05, 4.69) is 37.2 Å². The van der Waals surface area contributed by atoms with Crippen molar-refractivity contribution in [1.29, 1.82) is 0 Å². The van der Waals surface area contributed by atoms with Gasteiger partial charge in [0.2, 0.25) is 0 Å². The van der Waals surface area contributed by atoms with Crippen LogP contribution in [0.15, 0.2) is 35.2 Å². The zero-order chi connectivity index (χ0) is 12.3. The summed E-state index contributed by atoms with van der Waals surface area (Å²) in [6.07, 6.45) is 3.39. The van der Waals surface area contributed by atoms with Crippen molar-refractivity contribution in [2.45, 2.75) is 19.8 Å². The highest BCUT2D eigenvalue weighted by atomic mass is 16.5. The molecule has 3 nitrogen and oxygen atoms in total. The van der Waals surface area contributed by atoms with Crippen molar-refractivity contribution in [3.05, 3.63) is 41.8 Å². The van der Waals surface area contributed by atoms with E-state index in [4.69, 9.17) is 9.26 Å². The number of benzene rings is 1. The van der Waals surface area contributed by atoms with Crippen molar-refractivity contribution in [1.82, 2.24) is 5.16 Å². The largest absolute Gasteiger partial charge is 0.384 e. The molecule has 1 aromatic heterocycles. The Balaban J connectivity index is 2.36. The fourth-order valence-electron chi connectivity index (χ4n) is 2.04. The topological polar surface area (TPSA) is 35.3 Å². The molecule has 0 aliphatic carbocycles. The molecule has 0 aliphatic rings. The van der Waals surface area contributed by atoms with Gasteiger partial charge in [-0.3, -0.25) is 0 Å². The molecule has 0 bridgehead atoms. The second-order valence-electron chi connectivity index (χ2n) is 4.34. The van der Waals surface area contributed by atoms with Crippen LogP contribution in [0.3, 0.4) is 0 Å². The summed E-state index contributed by atoms with van der Waals surface area (Å²) in [5.74, 6) is 0.389. The van der Waals surface area contributed by atoms with Crippen LogP contribution in [0.5, 0.6) is 0 Å². The number of hydrogen-bond donors (Lipinski definition) is 0. The van der Waals surface area contributed by atoms with E-state index in [1.165, 1.54) is 11.1 Å². The van der Waals surface area contributed by atoms with Crippen molar-refractivity contribution in [2.75, 3.05) is 13.7 Å². The molecule has 0 saturated heterocycles. The number of hydrogen-bond acceptors (Lipinski definition) is 3. The number of aryl methyl sites for hydroxylation is 1. The lowest BCUT2D eigenvalue weighted by Crippen LogP contribution is -2.04. The first-order chi connectivity index (χ1) is 8.22. The van der Waals surface area contributed by atoms with E-state index in [1.54, 1.807) is 19.6 Å². The summed E-state index contributed by atoms with van der Waals surface area (Å²) >= 11 is 0. The van der Waals surface area contributed by atoms with Crippen LogP contribution in [0, 0.1) is 6.92 Å². The highest BCUT2D eigenvalue weighted by Gasteiger charge is 2.10. The van der Waals surface area contributed by atoms with E-state index in [0.717, 1.165) is 17.7 Å². The minimum atomic E-state index is 0.389. The zero-order valence-corrected chi connectivity index (χ0v) is 10.4. The first kappa shape index (κ1) is 11.9. The molecule has 0 amide bonds. The molecule has 0 saturated carbocycles. The molecule has 0 fully saturated rings. The van der Waals surface area contributed by atoms with Gasteiger partial charge in [0, 0.05) is 18.6 Å². The summed E-state index contributed by atoms with van der Waals surface area (Å²) in [6.45, 7) is 5.02. The van der Waals surface area contributed by atoms with Crippen molar-refractivity contribution < 1.29 is 9.26 Å². The van der Waals surface area contributed by atoms with E-state index in [0.29, 0.717) is 5.92 Å². The normalized spacial score (nSPS) is 12.6. The average molecular weight is 231 g/mol. The predicted octanol–water partition coefficient (Wildman–Crippen LogP) is 3.40. The monoisotopic (exact) mass is 231 g/mol. The van der Waals surface area contributed by atoms with Gasteiger partial charge in [-0.15, -0.1) is 0 Å². The van der Waals surface area contributed by atoms with Gasteiger partial charge < -0.3 is 9.26 Å². The lowest BCUT2D eigenvalue weighted by molar-refractivity contribution is 0.184. The van der Waals surface area contributed by atoms with Gasteiger partial charge >= 0.3 is 0 Å². The van der Waals surface area contributed by atoms with Crippen LogP contribution in [0.4, 0.5) is 0 Å². The molecule has 17 heavy (non-hydrogen) atoms. The first-order valence-electron chi connectivity index (χ1n) is 5.71. The van der Waals surface area contributed by atoms with Crippen LogP contribution in [0.2, 0.25) is 0 Å². The molecule has 1 unspecified atom stereocenters. The van der Waals surface area contributed by atoms with Gasteiger partial charge in [-0.05, 0) is 23.6 Å². The molecule has 1 aromatic carbocycles. The molecule has 2 aromatic rings. The summed E-state index contributed by atoms with van der Waals surface area (Å²) in [5, 5.41) is 3.73. The lowest BCUT2D eigenvalue weighted by Gasteiger charge is -2.14. The lowest BCUT2D eigenvalue weighted by atomic mass is 9.93. The second-order valence-corrected chi connectivity index (χ2v) is 4.34. The number of ether oxygens (including phenoxy) is 1. The molecule has 3 heteroatoms. The van der Waals surface area contributed by atoms with Crippen molar-refractivity contribution in [2.24, 2.45) is 0 Å². The Labute approximate surface area is 101 Å². The molecule has 90 valence electrons. The smallest absolute Gasteiger partial charge is 0.131 e. The van der Waals surface area contributed by atoms with Gasteiger partial charge in [-0.2, -0.15) is 0 Å². The Bertz CT molecular complexity index is 477. The fraction of sp³-hybridized carbons (Fsp3) is 0.357. The quantitative estimate of drug-likeness (QED) is 0.809. The zero-order valence-electron chi connectivity index (χ0n) is 10.4. The van der Waals surface area contributed by atoms with Crippen LogP contribution < -0.4 is 0 Å². The molecular formula is C14H17NO2. The summed E-state index contributed by atoms with van der Waals surface area (Å²) in [7, 11) is 1.73. The molecule has 2 rings (SSSR count). The summed E-state index contributed by atoms with van der Waals surface area (Å²) in [5.41, 5.74) is 4.74. The Hall–Kier alpha value is -1.61. The van der Waals surface area contributed by atoms with Gasteiger partial charge in [0.1, 0.15) is 6.26 Å². The molecule has 0 aliphatic heterocycles. The minimum Gasteiger partial charge on any atom is -0.384 e. The van der Waals surface area contributed by atoms with Crippen LogP contribution in [-0.2, 0) is 4.74 Å². The summed E-state index contributed by atoms with van der Waals surface area (Å²) in [6, 6.07) is 6.40. The molecule has 1 heterocycles. The van der Waals surface area contributed by atoms with Crippen LogP contribution in [0.25, 0.3) is 11.1 Å². The van der Waals surface area contributed by atoms with Gasteiger partial charge in [-0.25, -0.2) is 0 Å². The molecule has 0 N–H and O–H groups in total. The highest BCUT2D eigenvalue weighted by Crippen LogP contribution is 2.26. The van der Waals surface area contributed by atoms with Crippen molar-refractivity contribution in [3.8, 4) is 11.1 Å². The maximum absolute atomic E-state index is 5.21. The van der Waals surface area contributed by atoms with Crippen molar-refractivity contribution >= 4 is 0 Å². The minimum absolute atomic E-state index is 0.389. The number of rotatable bonds is 4. The van der Waals surface area contributed by atoms with E-state index in [9.17, 15) is 0 Å². The standard InChI is InChI=1S/C14H17NO2/c1-10-4-5-12(13-7-15-17-9-13)6-14(10)11(2)8-16-3/h4-7,9,11H,8H2,1-3H3. The average Bonchev–Trinajstić information content (AvgIpc) is 2.83. The van der Waals surface area contributed by atoms with Crippen LogP contribution >= 0.6 is 0 Å². The number of methoxy groups -OCH3 is 1. The first-order valence-corrected chi connectivity index (χ1v) is 5.71. The number of aromatic nitrogens is 1. The highest BCUT2D eigenvalue weighted by molar-refractivity contribution is 5.63. The third kappa shape index (κ3) is 2.56. The SMILES string of the molecule is COCC(C)c1cc(-c2cnoc2)ccc1C. The van der Waals surface area contributed by atoms with E-state index < -0.39 is 0 Å². The second kappa shape index (κ2) is 5.15. The fourth-order valence-corrected chi connectivity index (χ4v) is 2.04. The summed E-state index contributed by atoms with van der Waals surface area (Å²) in [4.78, 5) is 0. The summed E-state index contributed by atoms with van der Waals surface area (Å²) < 4.78 is 10.1. The number of nitrogens with zero attached hydrogens (tertiary/aromatic N) is 1. The Morgan fingerprint density at radius 2 is 2.18 bits per heavy atom. The van der Waals surface area contributed by atoms with Crippen LogP contribution in [0.1, 0.15) is 24.0 Å². The predicted molar refractivity (Wildman–Crippen MR) is 67.0 cm³/mol. The van der Waals surface area contributed by atoms with Gasteiger partial charge in [0.15, 0.2) is 0 Å². The van der Waals surface area contributed by atoms with E-state index >= 15 is 0 Å². The van der Waals surface area contributed by atoms with E-state index in [-0.39, 0.29) is 0 Å². The third-order valence-corrected chi connectivity index (χ3v) is 2.99. The van der Waals surface area contributed by atoms with Gasteiger partial charge in [0.05, 0.1) is 12.8 Å². The Kier molecular flexibility index (Phi) is 3.59. The molecule has 1 atom stereocenters.